The molecule has 1 aromatic carbocycles. The lowest BCUT2D eigenvalue weighted by molar-refractivity contribution is -0.123. The summed E-state index contributed by atoms with van der Waals surface area (Å²) in [6.45, 7) is 7.44. The van der Waals surface area contributed by atoms with Crippen molar-refractivity contribution in [2.24, 2.45) is 5.41 Å². The summed E-state index contributed by atoms with van der Waals surface area (Å²) in [5.41, 5.74) is 1.77. The van der Waals surface area contributed by atoms with Crippen LogP contribution in [0.1, 0.15) is 32.0 Å². The number of methoxy groups -OCH3 is 1. The summed E-state index contributed by atoms with van der Waals surface area (Å²) in [4.78, 5) is 28.5. The van der Waals surface area contributed by atoms with Gasteiger partial charge < -0.3 is 15.4 Å². The summed E-state index contributed by atoms with van der Waals surface area (Å²) in [6, 6.07) is 5.58. The summed E-state index contributed by atoms with van der Waals surface area (Å²) < 4.78 is 5.26. The van der Waals surface area contributed by atoms with E-state index in [1.807, 2.05) is 45.9 Å². The lowest BCUT2D eigenvalue weighted by Crippen LogP contribution is -2.27. The third-order valence-electron chi connectivity index (χ3n) is 3.42. The third kappa shape index (κ3) is 5.29. The Hall–Kier alpha value is -2.41. The molecule has 0 unspecified atom stereocenters. The zero-order valence-electron chi connectivity index (χ0n) is 15.1. The molecule has 2 rings (SSSR count). The number of nitrogens with one attached hydrogen (secondary N) is 2. The predicted molar refractivity (Wildman–Crippen MR) is 100 cm³/mol. The fraction of sp³-hybridized carbons (Fsp3) is 0.389. The van der Waals surface area contributed by atoms with Crippen molar-refractivity contribution < 1.29 is 14.3 Å². The summed E-state index contributed by atoms with van der Waals surface area (Å²) in [5.74, 6) is 0.306. The maximum Gasteiger partial charge on any atom is 0.231 e. The summed E-state index contributed by atoms with van der Waals surface area (Å²) in [7, 11) is 1.56. The van der Waals surface area contributed by atoms with Crippen LogP contribution in [0.3, 0.4) is 0 Å². The van der Waals surface area contributed by atoms with Gasteiger partial charge in [0.1, 0.15) is 5.75 Å². The molecule has 2 amide bonds. The van der Waals surface area contributed by atoms with Crippen LogP contribution in [0.15, 0.2) is 23.6 Å². The molecule has 0 atom stereocenters. The number of hydrogen-bond acceptors (Lipinski definition) is 5. The van der Waals surface area contributed by atoms with Crippen LogP contribution in [-0.2, 0) is 16.0 Å². The van der Waals surface area contributed by atoms with E-state index in [1.54, 1.807) is 12.5 Å². The zero-order chi connectivity index (χ0) is 18.6. The van der Waals surface area contributed by atoms with Crippen LogP contribution in [0.2, 0.25) is 0 Å². The molecule has 0 bridgehead atoms. The molecular formula is C18H23N3O3S. The van der Waals surface area contributed by atoms with Crippen LogP contribution in [0.4, 0.5) is 10.8 Å². The number of nitrogens with zero attached hydrogens (tertiary/aromatic N) is 1. The molecule has 0 saturated heterocycles. The largest absolute Gasteiger partial charge is 0.495 e. The maximum absolute atomic E-state index is 12.3. The van der Waals surface area contributed by atoms with Gasteiger partial charge in [-0.15, -0.1) is 11.3 Å². The molecule has 0 radical (unpaired) electrons. The highest BCUT2D eigenvalue weighted by Gasteiger charge is 2.22. The third-order valence-corrected chi connectivity index (χ3v) is 4.23. The molecule has 0 aliphatic heterocycles. The first-order valence-corrected chi connectivity index (χ1v) is 8.77. The second kappa shape index (κ2) is 7.65. The molecule has 6 nitrogen and oxygen atoms in total. The van der Waals surface area contributed by atoms with Gasteiger partial charge in [-0.25, -0.2) is 4.98 Å². The van der Waals surface area contributed by atoms with Gasteiger partial charge in [0.25, 0.3) is 0 Å². The average molecular weight is 361 g/mol. The summed E-state index contributed by atoms with van der Waals surface area (Å²) >= 11 is 1.30. The molecule has 0 saturated carbocycles. The minimum Gasteiger partial charge on any atom is -0.495 e. The summed E-state index contributed by atoms with van der Waals surface area (Å²) in [5, 5.41) is 7.87. The molecule has 0 aliphatic carbocycles. The Balaban J connectivity index is 2.00. The SMILES string of the molecule is COc1ccc(C)cc1NC(=O)Cc1csc(NC(=O)C(C)(C)C)n1. The van der Waals surface area contributed by atoms with Gasteiger partial charge in [-0.05, 0) is 24.6 Å². The van der Waals surface area contributed by atoms with E-state index in [4.69, 9.17) is 4.74 Å². The minimum atomic E-state index is -0.495. The van der Waals surface area contributed by atoms with Gasteiger partial charge in [0.15, 0.2) is 5.13 Å². The van der Waals surface area contributed by atoms with Crippen molar-refractivity contribution in [2.45, 2.75) is 34.1 Å². The number of anilines is 2. The van der Waals surface area contributed by atoms with E-state index < -0.39 is 5.41 Å². The zero-order valence-corrected chi connectivity index (χ0v) is 15.9. The lowest BCUT2D eigenvalue weighted by Gasteiger charge is -2.15. The Morgan fingerprint density at radius 1 is 1.24 bits per heavy atom. The van der Waals surface area contributed by atoms with Crippen molar-refractivity contribution in [3.8, 4) is 5.75 Å². The van der Waals surface area contributed by atoms with E-state index >= 15 is 0 Å². The first-order chi connectivity index (χ1) is 11.7. The number of hydrogen-bond donors (Lipinski definition) is 2. The molecule has 7 heteroatoms. The van der Waals surface area contributed by atoms with Gasteiger partial charge in [0, 0.05) is 10.8 Å². The highest BCUT2D eigenvalue weighted by atomic mass is 32.1. The van der Waals surface area contributed by atoms with E-state index in [0.717, 1.165) is 5.56 Å². The quantitative estimate of drug-likeness (QED) is 0.852. The van der Waals surface area contributed by atoms with Crippen LogP contribution in [0.5, 0.6) is 5.75 Å². The van der Waals surface area contributed by atoms with Gasteiger partial charge in [0.05, 0.1) is 24.9 Å². The van der Waals surface area contributed by atoms with Gasteiger partial charge in [-0.2, -0.15) is 0 Å². The van der Waals surface area contributed by atoms with E-state index in [-0.39, 0.29) is 18.2 Å². The molecule has 2 aromatic rings. The Morgan fingerprint density at radius 2 is 1.96 bits per heavy atom. The fourth-order valence-corrected chi connectivity index (χ4v) is 2.71. The van der Waals surface area contributed by atoms with Crippen molar-refractivity contribution in [2.75, 3.05) is 17.7 Å². The molecule has 0 aliphatic rings. The molecule has 0 fully saturated rings. The first-order valence-electron chi connectivity index (χ1n) is 7.89. The smallest absolute Gasteiger partial charge is 0.231 e. The van der Waals surface area contributed by atoms with Crippen LogP contribution >= 0.6 is 11.3 Å². The average Bonchev–Trinajstić information content (AvgIpc) is 2.93. The highest BCUT2D eigenvalue weighted by Crippen LogP contribution is 2.26. The van der Waals surface area contributed by atoms with Crippen molar-refractivity contribution in [1.82, 2.24) is 4.98 Å². The number of ether oxygens (including phenoxy) is 1. The molecule has 1 heterocycles. The van der Waals surface area contributed by atoms with Gasteiger partial charge in [0.2, 0.25) is 11.8 Å². The highest BCUT2D eigenvalue weighted by molar-refractivity contribution is 7.13. The molecule has 134 valence electrons. The molecule has 0 spiro atoms. The van der Waals surface area contributed by atoms with E-state index in [9.17, 15) is 9.59 Å². The van der Waals surface area contributed by atoms with Gasteiger partial charge >= 0.3 is 0 Å². The van der Waals surface area contributed by atoms with E-state index in [2.05, 4.69) is 15.6 Å². The number of aryl methyl sites for hydroxylation is 1. The first kappa shape index (κ1) is 18.9. The fourth-order valence-electron chi connectivity index (χ4n) is 2.01. The second-order valence-corrected chi connectivity index (χ2v) is 7.63. The Kier molecular flexibility index (Phi) is 5.79. The lowest BCUT2D eigenvalue weighted by atomic mass is 9.96. The maximum atomic E-state index is 12.3. The van der Waals surface area contributed by atoms with Crippen LogP contribution in [-0.4, -0.2) is 23.9 Å². The van der Waals surface area contributed by atoms with Crippen LogP contribution in [0.25, 0.3) is 0 Å². The molecule has 25 heavy (non-hydrogen) atoms. The number of rotatable bonds is 5. The monoisotopic (exact) mass is 361 g/mol. The number of amides is 2. The molecule has 2 N–H and O–H groups in total. The topological polar surface area (TPSA) is 80.3 Å². The number of thiazole rings is 1. The molecule has 1 aromatic heterocycles. The summed E-state index contributed by atoms with van der Waals surface area (Å²) in [6.07, 6.45) is 0.124. The van der Waals surface area contributed by atoms with Crippen molar-refractivity contribution in [3.05, 3.63) is 34.8 Å². The van der Waals surface area contributed by atoms with Crippen molar-refractivity contribution in [3.63, 3.8) is 0 Å². The normalized spacial score (nSPS) is 11.1. The minimum absolute atomic E-state index is 0.109. The number of carbonyl (C=O) groups excluding carboxylic acids is 2. The van der Waals surface area contributed by atoms with Crippen LogP contribution in [0, 0.1) is 12.3 Å². The Morgan fingerprint density at radius 3 is 2.60 bits per heavy atom. The van der Waals surface area contributed by atoms with Crippen molar-refractivity contribution in [1.29, 1.82) is 0 Å². The van der Waals surface area contributed by atoms with E-state index in [1.165, 1.54) is 11.3 Å². The number of aromatic nitrogens is 1. The second-order valence-electron chi connectivity index (χ2n) is 6.78. The molecular weight excluding hydrogens is 338 g/mol. The van der Waals surface area contributed by atoms with Crippen molar-refractivity contribution >= 4 is 34.0 Å². The van der Waals surface area contributed by atoms with Gasteiger partial charge in [-0.3, -0.25) is 9.59 Å². The Bertz CT molecular complexity index is 778. The van der Waals surface area contributed by atoms with E-state index in [0.29, 0.717) is 22.3 Å². The number of carbonyl (C=O) groups is 2. The van der Waals surface area contributed by atoms with Gasteiger partial charge in [-0.1, -0.05) is 26.8 Å². The number of benzene rings is 1. The predicted octanol–water partition coefficient (Wildman–Crippen LogP) is 3.63. The Labute approximate surface area is 151 Å². The standard InChI is InChI=1S/C18H23N3O3S/c1-11-6-7-14(24-5)13(8-11)20-15(22)9-12-10-25-17(19-12)21-16(23)18(2,3)4/h6-8,10H,9H2,1-5H3,(H,20,22)(H,19,21,23). The van der Waals surface area contributed by atoms with Crippen LogP contribution < -0.4 is 15.4 Å².